The fourth-order valence-corrected chi connectivity index (χ4v) is 3.41. The molecule has 0 saturated heterocycles. The lowest BCUT2D eigenvalue weighted by Crippen LogP contribution is -2.14. The van der Waals surface area contributed by atoms with Crippen molar-refractivity contribution in [3.05, 3.63) is 41.3 Å². The Morgan fingerprint density at radius 1 is 1.26 bits per heavy atom. The molecule has 2 aromatic rings. The highest BCUT2D eigenvalue weighted by molar-refractivity contribution is 7.92. The molecule has 124 valence electrons. The Kier molecular flexibility index (Phi) is 5.05. The first-order valence-corrected chi connectivity index (χ1v) is 8.56. The van der Waals surface area contributed by atoms with Gasteiger partial charge in [0, 0.05) is 5.69 Å². The molecule has 23 heavy (non-hydrogen) atoms. The lowest BCUT2D eigenvalue weighted by Gasteiger charge is -2.08. The van der Waals surface area contributed by atoms with Gasteiger partial charge in [0.1, 0.15) is 5.69 Å². The molecule has 1 N–H and O–H groups in total. The van der Waals surface area contributed by atoms with E-state index in [9.17, 15) is 13.2 Å². The number of carbonyl (C=O) groups is 1. The monoisotopic (exact) mass is 338 g/mol. The van der Waals surface area contributed by atoms with Gasteiger partial charge in [-0.05, 0) is 44.5 Å². The summed E-state index contributed by atoms with van der Waals surface area (Å²) in [7, 11) is -3.80. The molecule has 0 aliphatic rings. The summed E-state index contributed by atoms with van der Waals surface area (Å²) < 4.78 is 37.0. The average molecular weight is 338 g/mol. The van der Waals surface area contributed by atoms with E-state index in [1.807, 2.05) is 6.92 Å². The van der Waals surface area contributed by atoms with Gasteiger partial charge < -0.3 is 9.26 Å². The molecular formula is C15H18N2O5S. The van der Waals surface area contributed by atoms with E-state index in [1.165, 1.54) is 31.2 Å². The molecule has 1 heterocycles. The highest BCUT2D eigenvalue weighted by Gasteiger charge is 2.24. The Labute approximate surface area is 134 Å². The summed E-state index contributed by atoms with van der Waals surface area (Å²) in [5, 5.41) is 3.63. The minimum atomic E-state index is -3.80. The summed E-state index contributed by atoms with van der Waals surface area (Å²) >= 11 is 0. The number of aromatic nitrogens is 1. The predicted molar refractivity (Wildman–Crippen MR) is 83.8 cm³/mol. The Morgan fingerprint density at radius 2 is 1.91 bits per heavy atom. The molecule has 0 amide bonds. The highest BCUT2D eigenvalue weighted by Crippen LogP contribution is 2.22. The van der Waals surface area contributed by atoms with Crippen molar-refractivity contribution in [1.29, 1.82) is 0 Å². The zero-order valence-electron chi connectivity index (χ0n) is 13.1. The number of nitrogens with one attached hydrogen (secondary N) is 1. The topological polar surface area (TPSA) is 98.5 Å². The van der Waals surface area contributed by atoms with Crippen LogP contribution in [0.25, 0.3) is 0 Å². The zero-order chi connectivity index (χ0) is 17.0. The summed E-state index contributed by atoms with van der Waals surface area (Å²) in [6, 6.07) is 6.00. The third-order valence-electron chi connectivity index (χ3n) is 3.05. The summed E-state index contributed by atoms with van der Waals surface area (Å²) in [5.41, 5.74) is 0.977. The molecule has 0 aliphatic heterocycles. The molecule has 2 rings (SSSR count). The molecule has 0 radical (unpaired) electrons. The van der Waals surface area contributed by atoms with Crippen molar-refractivity contribution in [1.82, 2.24) is 5.16 Å². The number of carbonyl (C=O) groups excluding carboxylic acids is 1. The van der Waals surface area contributed by atoms with Gasteiger partial charge in [0.05, 0.1) is 12.2 Å². The molecule has 0 aliphatic carbocycles. The van der Waals surface area contributed by atoms with E-state index in [0.29, 0.717) is 17.9 Å². The van der Waals surface area contributed by atoms with E-state index in [-0.39, 0.29) is 16.3 Å². The van der Waals surface area contributed by atoms with Crippen molar-refractivity contribution in [2.45, 2.75) is 32.1 Å². The number of aryl methyl sites for hydroxylation is 2. The van der Waals surface area contributed by atoms with Crippen LogP contribution in [0.3, 0.4) is 0 Å². The van der Waals surface area contributed by atoms with Crippen molar-refractivity contribution in [2.75, 3.05) is 11.3 Å². The molecule has 0 fully saturated rings. The maximum atomic E-state index is 12.4. The lowest BCUT2D eigenvalue weighted by atomic mass is 10.2. The van der Waals surface area contributed by atoms with Gasteiger partial charge in [0.25, 0.3) is 10.0 Å². The quantitative estimate of drug-likeness (QED) is 0.813. The van der Waals surface area contributed by atoms with Crippen molar-refractivity contribution >= 4 is 21.7 Å². The summed E-state index contributed by atoms with van der Waals surface area (Å²) in [6.45, 7) is 5.33. The number of hydrogen-bond donors (Lipinski definition) is 1. The van der Waals surface area contributed by atoms with Crippen LogP contribution >= 0.6 is 0 Å². The SMILES string of the molecule is CCCOC(=O)c1ccc(NS(=O)(=O)c2c(C)noc2C)cc1. The zero-order valence-corrected chi connectivity index (χ0v) is 13.9. The molecule has 7 nitrogen and oxygen atoms in total. The summed E-state index contributed by atoms with van der Waals surface area (Å²) in [6.07, 6.45) is 0.737. The van der Waals surface area contributed by atoms with Crippen LogP contribution in [0, 0.1) is 13.8 Å². The predicted octanol–water partition coefficient (Wildman–Crippen LogP) is 2.66. The first kappa shape index (κ1) is 17.0. The highest BCUT2D eigenvalue weighted by atomic mass is 32.2. The van der Waals surface area contributed by atoms with Crippen LogP contribution in [0.5, 0.6) is 0 Å². The van der Waals surface area contributed by atoms with Crippen LogP contribution in [0.2, 0.25) is 0 Å². The molecule has 0 unspecified atom stereocenters. The standard InChI is InChI=1S/C15H18N2O5S/c1-4-9-21-15(18)12-5-7-13(8-6-12)17-23(19,20)14-10(2)16-22-11(14)3/h5-8,17H,4,9H2,1-3H3. The van der Waals surface area contributed by atoms with E-state index >= 15 is 0 Å². The van der Waals surface area contributed by atoms with Crippen LogP contribution in [0.4, 0.5) is 5.69 Å². The number of rotatable bonds is 6. The van der Waals surface area contributed by atoms with E-state index in [2.05, 4.69) is 9.88 Å². The fraction of sp³-hybridized carbons (Fsp3) is 0.333. The van der Waals surface area contributed by atoms with E-state index in [4.69, 9.17) is 9.26 Å². The Morgan fingerprint density at radius 3 is 2.43 bits per heavy atom. The van der Waals surface area contributed by atoms with Gasteiger partial charge in [0.15, 0.2) is 10.7 Å². The van der Waals surface area contributed by atoms with Gasteiger partial charge in [-0.3, -0.25) is 4.72 Å². The Bertz CT molecular complexity index is 774. The van der Waals surface area contributed by atoms with Crippen LogP contribution in [-0.2, 0) is 14.8 Å². The van der Waals surface area contributed by atoms with Crippen molar-refractivity contribution in [2.24, 2.45) is 0 Å². The van der Waals surface area contributed by atoms with Crippen molar-refractivity contribution in [3.63, 3.8) is 0 Å². The third kappa shape index (κ3) is 3.89. The first-order valence-electron chi connectivity index (χ1n) is 7.08. The summed E-state index contributed by atoms with van der Waals surface area (Å²) in [5.74, 6) is -0.221. The Balaban J connectivity index is 2.16. The second-order valence-corrected chi connectivity index (χ2v) is 6.59. The molecule has 1 aromatic carbocycles. The minimum Gasteiger partial charge on any atom is -0.462 e. The van der Waals surface area contributed by atoms with Crippen LogP contribution in [-0.4, -0.2) is 26.2 Å². The molecule has 8 heteroatoms. The number of hydrogen-bond acceptors (Lipinski definition) is 6. The normalized spacial score (nSPS) is 11.3. The number of nitrogens with zero attached hydrogens (tertiary/aromatic N) is 1. The third-order valence-corrected chi connectivity index (χ3v) is 4.67. The van der Waals surface area contributed by atoms with Gasteiger partial charge in [0.2, 0.25) is 0 Å². The fourth-order valence-electron chi connectivity index (χ4n) is 2.02. The van der Waals surface area contributed by atoms with Crippen LogP contribution in [0.1, 0.15) is 35.2 Å². The maximum absolute atomic E-state index is 12.4. The molecule has 0 spiro atoms. The maximum Gasteiger partial charge on any atom is 0.338 e. The lowest BCUT2D eigenvalue weighted by molar-refractivity contribution is 0.0505. The molecule has 0 saturated carbocycles. The minimum absolute atomic E-state index is 0.0175. The van der Waals surface area contributed by atoms with Crippen LogP contribution < -0.4 is 4.72 Å². The molecule has 1 aromatic heterocycles. The van der Waals surface area contributed by atoms with E-state index < -0.39 is 16.0 Å². The van der Waals surface area contributed by atoms with Gasteiger partial charge in [-0.2, -0.15) is 0 Å². The number of esters is 1. The number of anilines is 1. The largest absolute Gasteiger partial charge is 0.462 e. The van der Waals surface area contributed by atoms with Gasteiger partial charge in [-0.25, -0.2) is 13.2 Å². The summed E-state index contributed by atoms with van der Waals surface area (Å²) in [4.78, 5) is 11.7. The molecule has 0 atom stereocenters. The Hall–Kier alpha value is -2.35. The second-order valence-electron chi connectivity index (χ2n) is 4.97. The second kappa shape index (κ2) is 6.82. The van der Waals surface area contributed by atoms with Crippen LogP contribution in [0.15, 0.2) is 33.7 Å². The van der Waals surface area contributed by atoms with E-state index in [1.54, 1.807) is 6.92 Å². The average Bonchev–Trinajstić information content (AvgIpc) is 2.85. The number of sulfonamides is 1. The van der Waals surface area contributed by atoms with Gasteiger partial charge in [-0.15, -0.1) is 0 Å². The van der Waals surface area contributed by atoms with Gasteiger partial charge >= 0.3 is 5.97 Å². The molecule has 0 bridgehead atoms. The smallest absolute Gasteiger partial charge is 0.338 e. The van der Waals surface area contributed by atoms with Gasteiger partial charge in [-0.1, -0.05) is 12.1 Å². The van der Waals surface area contributed by atoms with Crippen molar-refractivity contribution < 1.29 is 22.5 Å². The van der Waals surface area contributed by atoms with Crippen molar-refractivity contribution in [3.8, 4) is 0 Å². The molecular weight excluding hydrogens is 320 g/mol. The number of benzene rings is 1. The number of ether oxygens (including phenoxy) is 1. The first-order chi connectivity index (χ1) is 10.8. The van der Waals surface area contributed by atoms with E-state index in [0.717, 1.165) is 6.42 Å².